The first-order valence-electron chi connectivity index (χ1n) is 9.45. The van der Waals surface area contributed by atoms with Crippen LogP contribution in [0.1, 0.15) is 49.8 Å². The number of amides is 2. The highest BCUT2D eigenvalue weighted by Crippen LogP contribution is 2.20. The average molecular weight is 333 g/mol. The molecule has 6 nitrogen and oxygen atoms in total. The Bertz CT molecular complexity index is 548. The van der Waals surface area contributed by atoms with Crippen LogP contribution in [0, 0.1) is 12.8 Å². The molecule has 3 heterocycles. The first kappa shape index (κ1) is 17.3. The maximum atomic E-state index is 12.4. The van der Waals surface area contributed by atoms with Gasteiger partial charge in [0.15, 0.2) is 0 Å². The van der Waals surface area contributed by atoms with E-state index in [1.165, 1.54) is 38.9 Å². The zero-order valence-electron chi connectivity index (χ0n) is 15.1. The molecule has 24 heavy (non-hydrogen) atoms. The fraction of sp³-hybridized carbons (Fsp3) is 0.778. The van der Waals surface area contributed by atoms with Gasteiger partial charge in [-0.25, -0.2) is 9.78 Å². The van der Waals surface area contributed by atoms with E-state index in [-0.39, 0.29) is 6.03 Å². The van der Waals surface area contributed by atoms with E-state index in [1.807, 2.05) is 11.8 Å². The lowest BCUT2D eigenvalue weighted by molar-refractivity contribution is 0.174. The summed E-state index contributed by atoms with van der Waals surface area (Å²) in [6.07, 6.45) is 5.75. The van der Waals surface area contributed by atoms with Crippen molar-refractivity contribution in [1.82, 2.24) is 25.1 Å². The number of fused-ring (bicyclic) bond motifs is 1. The Labute approximate surface area is 145 Å². The number of H-pyrrole nitrogens is 1. The number of aromatic nitrogens is 2. The van der Waals surface area contributed by atoms with Crippen molar-refractivity contribution in [2.24, 2.45) is 5.92 Å². The summed E-state index contributed by atoms with van der Waals surface area (Å²) in [5.74, 6) is 1.71. The first-order chi connectivity index (χ1) is 11.7. The quantitative estimate of drug-likeness (QED) is 0.869. The third-order valence-corrected chi connectivity index (χ3v) is 5.31. The van der Waals surface area contributed by atoms with Gasteiger partial charge in [-0.3, -0.25) is 0 Å². The maximum absolute atomic E-state index is 12.4. The third-order valence-electron chi connectivity index (χ3n) is 5.31. The molecule has 2 N–H and O–H groups in total. The number of hydrogen-bond donors (Lipinski definition) is 2. The molecule has 134 valence electrons. The molecule has 2 amide bonds. The molecule has 0 bridgehead atoms. The predicted molar refractivity (Wildman–Crippen MR) is 94.9 cm³/mol. The summed E-state index contributed by atoms with van der Waals surface area (Å²) in [6, 6.07) is 0.0660. The minimum Gasteiger partial charge on any atom is -0.344 e. The standard InChI is InChI=1S/C18H31N5O/c1-3-9-22-10-5-15(6-11-22)4-8-19-18(24)23-12-7-16-17(13-23)21-14(2)20-16/h15H,3-13H2,1-2H3,(H,19,24)(H,20,21). The topological polar surface area (TPSA) is 64.3 Å². The smallest absolute Gasteiger partial charge is 0.317 e. The number of imidazole rings is 1. The molecule has 0 saturated carbocycles. The molecule has 1 aromatic rings. The fourth-order valence-electron chi connectivity index (χ4n) is 3.92. The first-order valence-corrected chi connectivity index (χ1v) is 9.45. The van der Waals surface area contributed by atoms with Gasteiger partial charge in [0.2, 0.25) is 0 Å². The largest absolute Gasteiger partial charge is 0.344 e. The molecule has 2 aliphatic rings. The van der Waals surface area contributed by atoms with Gasteiger partial charge in [-0.15, -0.1) is 0 Å². The molecule has 2 aliphatic heterocycles. The summed E-state index contributed by atoms with van der Waals surface area (Å²) in [5, 5.41) is 3.11. The number of hydrogen-bond acceptors (Lipinski definition) is 3. The van der Waals surface area contributed by atoms with Crippen LogP contribution in [0.15, 0.2) is 0 Å². The predicted octanol–water partition coefficient (Wildman–Crippen LogP) is 2.30. The summed E-state index contributed by atoms with van der Waals surface area (Å²) >= 11 is 0. The van der Waals surface area contributed by atoms with Crippen LogP contribution < -0.4 is 5.32 Å². The molecule has 1 saturated heterocycles. The van der Waals surface area contributed by atoms with Crippen molar-refractivity contribution in [2.45, 2.75) is 52.5 Å². The summed E-state index contributed by atoms with van der Waals surface area (Å²) in [7, 11) is 0. The second-order valence-electron chi connectivity index (χ2n) is 7.22. The number of urea groups is 1. The van der Waals surface area contributed by atoms with Crippen molar-refractivity contribution >= 4 is 6.03 Å². The van der Waals surface area contributed by atoms with Gasteiger partial charge in [0, 0.05) is 19.5 Å². The average Bonchev–Trinajstić information content (AvgIpc) is 2.95. The lowest BCUT2D eigenvalue weighted by Gasteiger charge is -2.32. The molecule has 0 spiro atoms. The number of likely N-dealkylation sites (tertiary alicyclic amines) is 1. The van der Waals surface area contributed by atoms with Gasteiger partial charge in [0.1, 0.15) is 5.82 Å². The Morgan fingerprint density at radius 1 is 1.33 bits per heavy atom. The van der Waals surface area contributed by atoms with Gasteiger partial charge in [0.25, 0.3) is 0 Å². The number of nitrogens with one attached hydrogen (secondary N) is 2. The zero-order valence-corrected chi connectivity index (χ0v) is 15.1. The van der Waals surface area contributed by atoms with Gasteiger partial charge >= 0.3 is 6.03 Å². The lowest BCUT2D eigenvalue weighted by atomic mass is 9.93. The van der Waals surface area contributed by atoms with Crippen LogP contribution in [0.5, 0.6) is 0 Å². The Morgan fingerprint density at radius 3 is 2.88 bits per heavy atom. The van der Waals surface area contributed by atoms with E-state index in [2.05, 4.69) is 27.1 Å². The van der Waals surface area contributed by atoms with Crippen molar-refractivity contribution in [3.05, 3.63) is 17.2 Å². The minimum atomic E-state index is 0.0660. The number of piperidine rings is 1. The van der Waals surface area contributed by atoms with Crippen molar-refractivity contribution < 1.29 is 4.79 Å². The molecular weight excluding hydrogens is 302 g/mol. The molecule has 0 aliphatic carbocycles. The number of rotatable bonds is 5. The molecule has 1 aromatic heterocycles. The molecule has 0 aromatic carbocycles. The molecule has 6 heteroatoms. The van der Waals surface area contributed by atoms with E-state index in [0.29, 0.717) is 6.54 Å². The number of aryl methyl sites for hydroxylation is 1. The molecule has 0 radical (unpaired) electrons. The molecule has 3 rings (SSSR count). The molecule has 0 unspecified atom stereocenters. The fourth-order valence-corrected chi connectivity index (χ4v) is 3.92. The van der Waals surface area contributed by atoms with Crippen molar-refractivity contribution in [3.8, 4) is 0 Å². The van der Waals surface area contributed by atoms with Crippen LogP contribution in [0.3, 0.4) is 0 Å². The SMILES string of the molecule is CCCN1CCC(CCNC(=O)N2CCc3nc(C)[nH]c3C2)CC1. The highest BCUT2D eigenvalue weighted by molar-refractivity contribution is 5.74. The zero-order chi connectivity index (χ0) is 16.9. The summed E-state index contributed by atoms with van der Waals surface area (Å²) in [5.41, 5.74) is 2.22. The van der Waals surface area contributed by atoms with Crippen molar-refractivity contribution in [2.75, 3.05) is 32.7 Å². The van der Waals surface area contributed by atoms with E-state index >= 15 is 0 Å². The van der Waals surface area contributed by atoms with Crippen LogP contribution >= 0.6 is 0 Å². The van der Waals surface area contributed by atoms with E-state index < -0.39 is 0 Å². The van der Waals surface area contributed by atoms with Crippen molar-refractivity contribution in [1.29, 1.82) is 0 Å². The highest BCUT2D eigenvalue weighted by Gasteiger charge is 2.23. The van der Waals surface area contributed by atoms with Gasteiger partial charge in [-0.1, -0.05) is 6.92 Å². The summed E-state index contributed by atoms with van der Waals surface area (Å²) in [4.78, 5) is 24.6. The van der Waals surface area contributed by atoms with Gasteiger partial charge < -0.3 is 20.1 Å². The maximum Gasteiger partial charge on any atom is 0.317 e. The normalized spacial score (nSPS) is 19.3. The summed E-state index contributed by atoms with van der Waals surface area (Å²) < 4.78 is 0. The van der Waals surface area contributed by atoms with Crippen LogP contribution in [0.25, 0.3) is 0 Å². The number of nitrogens with zero attached hydrogens (tertiary/aromatic N) is 3. The Balaban J connectivity index is 1.36. The third kappa shape index (κ3) is 4.29. The van der Waals surface area contributed by atoms with E-state index in [0.717, 1.165) is 49.1 Å². The second-order valence-corrected chi connectivity index (χ2v) is 7.22. The van der Waals surface area contributed by atoms with E-state index in [9.17, 15) is 4.79 Å². The number of aromatic amines is 1. The van der Waals surface area contributed by atoms with Crippen LogP contribution in [-0.2, 0) is 13.0 Å². The van der Waals surface area contributed by atoms with E-state index in [4.69, 9.17) is 0 Å². The second kappa shape index (κ2) is 8.01. The van der Waals surface area contributed by atoms with Gasteiger partial charge in [0.05, 0.1) is 17.9 Å². The molecule has 0 atom stereocenters. The van der Waals surface area contributed by atoms with Crippen molar-refractivity contribution in [3.63, 3.8) is 0 Å². The molecule has 1 fully saturated rings. The lowest BCUT2D eigenvalue weighted by Crippen LogP contribution is -2.43. The van der Waals surface area contributed by atoms with Gasteiger partial charge in [-0.2, -0.15) is 0 Å². The number of carbonyl (C=O) groups is 1. The number of carbonyl (C=O) groups excluding carboxylic acids is 1. The van der Waals surface area contributed by atoms with Crippen LogP contribution in [-0.4, -0.2) is 58.5 Å². The van der Waals surface area contributed by atoms with Crippen LogP contribution in [0.2, 0.25) is 0 Å². The Morgan fingerprint density at radius 2 is 2.12 bits per heavy atom. The van der Waals surface area contributed by atoms with Gasteiger partial charge in [-0.05, 0) is 58.2 Å². The minimum absolute atomic E-state index is 0.0660. The Hall–Kier alpha value is -1.56. The summed E-state index contributed by atoms with van der Waals surface area (Å²) in [6.45, 7) is 10.1. The Kier molecular flexibility index (Phi) is 5.76. The van der Waals surface area contributed by atoms with Crippen LogP contribution in [0.4, 0.5) is 4.79 Å². The monoisotopic (exact) mass is 333 g/mol. The molecular formula is C18H31N5O. The van der Waals surface area contributed by atoms with E-state index in [1.54, 1.807) is 0 Å². The highest BCUT2D eigenvalue weighted by atomic mass is 16.2.